The Morgan fingerprint density at radius 1 is 0.361 bits per heavy atom. The van der Waals surface area contributed by atoms with Gasteiger partial charge in [0.15, 0.2) is 0 Å². The molecule has 0 aliphatic carbocycles. The summed E-state index contributed by atoms with van der Waals surface area (Å²) in [6.07, 6.45) is 0. The molecule has 186 valence electrons. The highest BCUT2D eigenvalue weighted by Crippen LogP contribution is 2.20. The number of carboxylic acids is 6. The maximum Gasteiger partial charge on any atom is 0.336 e. The summed E-state index contributed by atoms with van der Waals surface area (Å²) >= 11 is 0. The first-order chi connectivity index (χ1) is 16.7. The predicted molar refractivity (Wildman–Crippen MR) is 110 cm³/mol. The largest absolute Gasteiger partial charge is 0.478 e. The Bertz CT molecular complexity index is 1290. The van der Waals surface area contributed by atoms with Gasteiger partial charge >= 0.3 is 35.8 Å². The number of carbonyl (C=O) groups is 8. The molecule has 2 rings (SSSR count). The monoisotopic (exact) mass is 504 g/mol. The minimum atomic E-state index is -1.84. The van der Waals surface area contributed by atoms with E-state index in [2.05, 4.69) is 0 Å². The van der Waals surface area contributed by atoms with E-state index in [1.165, 1.54) is 0 Å². The van der Waals surface area contributed by atoms with Crippen LogP contribution in [-0.4, -0.2) is 78.3 Å². The van der Waals surface area contributed by atoms with Gasteiger partial charge in [-0.05, 0) is 24.3 Å². The normalized spacial score (nSPS) is 10.1. The number of rotatable bonds is 8. The van der Waals surface area contributed by atoms with Gasteiger partial charge in [0.05, 0.1) is 44.5 Å². The van der Waals surface area contributed by atoms with E-state index < -0.39 is 92.1 Å². The quantitative estimate of drug-likeness (QED) is 0.219. The standard InChI is InChI=1S/C20H12N2O14/c23-13(5-1-9(17(29)30)11(19(33)34)3-7(5)15(25)26)21-22-14(24)6-2-10(18(31)32)12(20(35)36)4-8(6)16(27)28/h1-4H,(H,21,23)(H,22,24)(H,25,26)(H,27,28)(H,29,30)(H,31,32)(H,33,34)(H,35,36). The SMILES string of the molecule is O=C(O)c1cc(C(=O)O)c(C(=O)NNC(=O)c2cc(C(=O)O)c(C(=O)O)cc2C(=O)O)cc1C(=O)O. The van der Waals surface area contributed by atoms with Crippen LogP contribution in [-0.2, 0) is 0 Å². The Balaban J connectivity index is 2.50. The highest BCUT2D eigenvalue weighted by molar-refractivity contribution is 6.13. The zero-order valence-corrected chi connectivity index (χ0v) is 17.3. The third-order valence-corrected chi connectivity index (χ3v) is 4.48. The minimum Gasteiger partial charge on any atom is -0.478 e. The molecule has 16 heteroatoms. The third kappa shape index (κ3) is 5.22. The number of nitrogens with one attached hydrogen (secondary N) is 2. The van der Waals surface area contributed by atoms with Gasteiger partial charge in [-0.15, -0.1) is 0 Å². The van der Waals surface area contributed by atoms with Crippen LogP contribution in [0.5, 0.6) is 0 Å². The Hall–Kier alpha value is -5.80. The smallest absolute Gasteiger partial charge is 0.336 e. The molecular weight excluding hydrogens is 492 g/mol. The van der Waals surface area contributed by atoms with Crippen molar-refractivity contribution in [3.8, 4) is 0 Å². The van der Waals surface area contributed by atoms with Crippen LogP contribution in [0.4, 0.5) is 0 Å². The van der Waals surface area contributed by atoms with Gasteiger partial charge in [-0.1, -0.05) is 0 Å². The van der Waals surface area contributed by atoms with Crippen LogP contribution in [0.1, 0.15) is 82.9 Å². The summed E-state index contributed by atoms with van der Waals surface area (Å²) in [6.45, 7) is 0. The van der Waals surface area contributed by atoms with Crippen LogP contribution in [0.25, 0.3) is 0 Å². The molecule has 0 spiro atoms. The molecule has 0 fully saturated rings. The van der Waals surface area contributed by atoms with Crippen molar-refractivity contribution in [2.75, 3.05) is 0 Å². The van der Waals surface area contributed by atoms with Crippen LogP contribution in [0.2, 0.25) is 0 Å². The maximum absolute atomic E-state index is 12.5. The fourth-order valence-corrected chi connectivity index (χ4v) is 2.88. The van der Waals surface area contributed by atoms with Crippen molar-refractivity contribution in [3.05, 3.63) is 68.8 Å². The van der Waals surface area contributed by atoms with Crippen molar-refractivity contribution in [2.24, 2.45) is 0 Å². The zero-order chi connectivity index (χ0) is 27.5. The fourth-order valence-electron chi connectivity index (χ4n) is 2.88. The molecule has 2 aromatic carbocycles. The summed E-state index contributed by atoms with van der Waals surface area (Å²) in [5.74, 6) is -13.9. The summed E-state index contributed by atoms with van der Waals surface area (Å²) in [6, 6.07) is 1.64. The molecule has 0 atom stereocenters. The number of carbonyl (C=O) groups excluding carboxylic acids is 2. The van der Waals surface area contributed by atoms with Crippen LogP contribution in [0, 0.1) is 0 Å². The highest BCUT2D eigenvalue weighted by Gasteiger charge is 2.28. The van der Waals surface area contributed by atoms with E-state index in [1.54, 1.807) is 10.9 Å². The van der Waals surface area contributed by atoms with Crippen LogP contribution < -0.4 is 10.9 Å². The van der Waals surface area contributed by atoms with E-state index in [0.29, 0.717) is 24.3 Å². The second-order valence-electron chi connectivity index (χ2n) is 6.63. The maximum atomic E-state index is 12.5. The number of aromatic carboxylic acids is 6. The number of amides is 2. The summed E-state index contributed by atoms with van der Waals surface area (Å²) in [5.41, 5.74) is -4.25. The van der Waals surface area contributed by atoms with Crippen molar-refractivity contribution in [1.82, 2.24) is 10.9 Å². The van der Waals surface area contributed by atoms with E-state index in [1.807, 2.05) is 0 Å². The summed E-state index contributed by atoms with van der Waals surface area (Å²) in [5, 5.41) is 55.1. The fraction of sp³-hybridized carbons (Fsp3) is 0. The summed E-state index contributed by atoms with van der Waals surface area (Å²) in [4.78, 5) is 93.1. The van der Waals surface area contributed by atoms with Gasteiger partial charge in [0.2, 0.25) is 0 Å². The Morgan fingerprint density at radius 2 is 0.528 bits per heavy atom. The molecule has 0 aliphatic heterocycles. The molecule has 0 aromatic heterocycles. The molecule has 0 heterocycles. The van der Waals surface area contributed by atoms with Gasteiger partial charge in [-0.2, -0.15) is 0 Å². The van der Waals surface area contributed by atoms with E-state index in [-0.39, 0.29) is 0 Å². The topological polar surface area (TPSA) is 282 Å². The van der Waals surface area contributed by atoms with Crippen molar-refractivity contribution >= 4 is 47.6 Å². The first-order valence-corrected chi connectivity index (χ1v) is 9.03. The lowest BCUT2D eigenvalue weighted by molar-refractivity contribution is 0.0647. The molecule has 0 saturated heterocycles. The van der Waals surface area contributed by atoms with Gasteiger partial charge < -0.3 is 30.6 Å². The molecule has 36 heavy (non-hydrogen) atoms. The van der Waals surface area contributed by atoms with Crippen molar-refractivity contribution < 1.29 is 69.0 Å². The second kappa shape index (κ2) is 10.00. The number of carboxylic acid groups (broad SMARTS) is 6. The van der Waals surface area contributed by atoms with E-state index >= 15 is 0 Å². The molecule has 8 N–H and O–H groups in total. The molecule has 0 radical (unpaired) electrons. The second-order valence-corrected chi connectivity index (χ2v) is 6.63. The van der Waals surface area contributed by atoms with Gasteiger partial charge in [0, 0.05) is 0 Å². The molecule has 0 saturated carbocycles. The predicted octanol–water partition coefficient (Wildman–Crippen LogP) is -0.0494. The molecule has 0 unspecified atom stereocenters. The third-order valence-electron chi connectivity index (χ3n) is 4.48. The molecule has 16 nitrogen and oxygen atoms in total. The number of hydrazine groups is 1. The molecule has 0 bridgehead atoms. The van der Waals surface area contributed by atoms with Gasteiger partial charge in [0.25, 0.3) is 11.8 Å². The highest BCUT2D eigenvalue weighted by atomic mass is 16.4. The van der Waals surface area contributed by atoms with Crippen molar-refractivity contribution in [3.63, 3.8) is 0 Å². The lowest BCUT2D eigenvalue weighted by Gasteiger charge is -2.13. The van der Waals surface area contributed by atoms with Gasteiger partial charge in [-0.25, -0.2) is 28.8 Å². The summed E-state index contributed by atoms with van der Waals surface area (Å²) in [7, 11) is 0. The van der Waals surface area contributed by atoms with E-state index in [0.717, 1.165) is 0 Å². The van der Waals surface area contributed by atoms with Crippen molar-refractivity contribution in [2.45, 2.75) is 0 Å². The lowest BCUT2D eigenvalue weighted by atomic mass is 9.97. The average Bonchev–Trinajstić information content (AvgIpc) is 2.79. The molecule has 2 aromatic rings. The van der Waals surface area contributed by atoms with Gasteiger partial charge in [0.1, 0.15) is 0 Å². The van der Waals surface area contributed by atoms with Crippen LogP contribution in [0.15, 0.2) is 24.3 Å². The summed E-state index contributed by atoms with van der Waals surface area (Å²) < 4.78 is 0. The van der Waals surface area contributed by atoms with Crippen molar-refractivity contribution in [1.29, 1.82) is 0 Å². The number of hydrogen-bond acceptors (Lipinski definition) is 8. The first-order valence-electron chi connectivity index (χ1n) is 9.03. The number of benzene rings is 2. The Morgan fingerprint density at radius 3 is 0.722 bits per heavy atom. The van der Waals surface area contributed by atoms with E-state index in [4.69, 9.17) is 10.2 Å². The number of hydrogen-bond donors (Lipinski definition) is 8. The lowest BCUT2D eigenvalue weighted by Crippen LogP contribution is -2.43. The Kier molecular flexibility index (Phi) is 7.34. The minimum absolute atomic E-state index is 0.400. The Labute approximate surface area is 197 Å². The molecule has 2 amide bonds. The van der Waals surface area contributed by atoms with E-state index in [9.17, 15) is 58.8 Å². The van der Waals surface area contributed by atoms with Gasteiger partial charge in [-0.3, -0.25) is 20.4 Å². The zero-order valence-electron chi connectivity index (χ0n) is 17.3. The van der Waals surface area contributed by atoms with Crippen LogP contribution in [0.3, 0.4) is 0 Å². The average molecular weight is 504 g/mol. The first kappa shape index (κ1) is 26.5. The van der Waals surface area contributed by atoms with Crippen LogP contribution >= 0.6 is 0 Å². The molecular formula is C20H12N2O14. The molecule has 0 aliphatic rings.